The van der Waals surface area contributed by atoms with E-state index in [4.69, 9.17) is 22.9 Å². The van der Waals surface area contributed by atoms with E-state index in [1.54, 1.807) is 0 Å². The van der Waals surface area contributed by atoms with Gasteiger partial charge in [-0.3, -0.25) is 9.79 Å². The molecule has 9 N–H and O–H groups in total. The molecule has 0 saturated carbocycles. The number of nitrogens with one attached hydrogen (secondary N) is 1. The minimum absolute atomic E-state index is 0.0629. The van der Waals surface area contributed by atoms with Crippen LogP contribution in [0.1, 0.15) is 32.1 Å². The Kier molecular flexibility index (Phi) is 9.99. The van der Waals surface area contributed by atoms with Crippen molar-refractivity contribution in [2.75, 3.05) is 19.6 Å². The lowest BCUT2D eigenvalue weighted by molar-refractivity contribution is -0.122. The Hall–Kier alpha value is -1.34. The fourth-order valence-electron chi connectivity index (χ4n) is 1.44. The van der Waals surface area contributed by atoms with Crippen LogP contribution in [0.2, 0.25) is 0 Å². The monoisotopic (exact) mass is 258 g/mol. The van der Waals surface area contributed by atoms with Crippen LogP contribution in [0.4, 0.5) is 0 Å². The van der Waals surface area contributed by atoms with E-state index in [1.165, 1.54) is 0 Å². The van der Waals surface area contributed by atoms with Crippen molar-refractivity contribution in [3.63, 3.8) is 0 Å². The van der Waals surface area contributed by atoms with Gasteiger partial charge in [-0.05, 0) is 32.2 Å². The van der Waals surface area contributed by atoms with Gasteiger partial charge in [-0.1, -0.05) is 6.42 Å². The summed E-state index contributed by atoms with van der Waals surface area (Å²) in [7, 11) is 0. The fraction of sp³-hybridized carbons (Fsp3) is 0.818. The second kappa shape index (κ2) is 10.8. The molecule has 0 heterocycles. The summed E-state index contributed by atoms with van der Waals surface area (Å²) in [5, 5.41) is 2.80. The second-order valence-corrected chi connectivity index (χ2v) is 4.20. The summed E-state index contributed by atoms with van der Waals surface area (Å²) in [5.41, 5.74) is 21.5. The van der Waals surface area contributed by atoms with Gasteiger partial charge in [0.25, 0.3) is 0 Å². The zero-order valence-electron chi connectivity index (χ0n) is 10.9. The van der Waals surface area contributed by atoms with E-state index in [9.17, 15) is 4.79 Å². The Balaban J connectivity index is 3.54. The molecule has 0 aliphatic heterocycles. The van der Waals surface area contributed by atoms with E-state index < -0.39 is 6.04 Å². The zero-order valence-corrected chi connectivity index (χ0v) is 10.9. The molecule has 0 aromatic heterocycles. The van der Waals surface area contributed by atoms with Crippen molar-refractivity contribution in [3.05, 3.63) is 0 Å². The van der Waals surface area contributed by atoms with Crippen LogP contribution in [0.25, 0.3) is 0 Å². The van der Waals surface area contributed by atoms with Gasteiger partial charge in [-0.25, -0.2) is 0 Å². The van der Waals surface area contributed by atoms with Gasteiger partial charge in [0, 0.05) is 13.1 Å². The van der Waals surface area contributed by atoms with E-state index in [1.807, 2.05) is 0 Å². The average molecular weight is 258 g/mol. The number of aliphatic imine (C=N–C) groups is 1. The maximum atomic E-state index is 11.6. The van der Waals surface area contributed by atoms with Crippen LogP contribution >= 0.6 is 0 Å². The molecule has 7 nitrogen and oxygen atoms in total. The molecule has 0 aromatic rings. The third-order valence-corrected chi connectivity index (χ3v) is 2.48. The number of rotatable bonds is 10. The molecule has 0 bridgehead atoms. The Morgan fingerprint density at radius 3 is 2.50 bits per heavy atom. The normalized spacial score (nSPS) is 11.9. The molecule has 0 fully saturated rings. The van der Waals surface area contributed by atoms with Crippen LogP contribution in [0.3, 0.4) is 0 Å². The first-order valence-electron chi connectivity index (χ1n) is 6.36. The van der Waals surface area contributed by atoms with E-state index in [0.717, 1.165) is 19.3 Å². The van der Waals surface area contributed by atoms with Crippen molar-refractivity contribution in [2.45, 2.75) is 38.1 Å². The van der Waals surface area contributed by atoms with Crippen LogP contribution in [0.5, 0.6) is 0 Å². The van der Waals surface area contributed by atoms with Gasteiger partial charge in [0.15, 0.2) is 5.96 Å². The Morgan fingerprint density at radius 1 is 1.17 bits per heavy atom. The highest BCUT2D eigenvalue weighted by molar-refractivity contribution is 5.81. The minimum Gasteiger partial charge on any atom is -0.370 e. The van der Waals surface area contributed by atoms with E-state index in [0.29, 0.717) is 32.5 Å². The average Bonchev–Trinajstić information content (AvgIpc) is 2.33. The maximum Gasteiger partial charge on any atom is 0.236 e. The highest BCUT2D eigenvalue weighted by Crippen LogP contribution is 1.96. The van der Waals surface area contributed by atoms with Crippen molar-refractivity contribution >= 4 is 11.9 Å². The summed E-state index contributed by atoms with van der Waals surface area (Å²) < 4.78 is 0. The molecule has 18 heavy (non-hydrogen) atoms. The molecule has 7 heteroatoms. The summed E-state index contributed by atoms with van der Waals surface area (Å²) in [4.78, 5) is 15.4. The summed E-state index contributed by atoms with van der Waals surface area (Å²) >= 11 is 0. The molecule has 106 valence electrons. The van der Waals surface area contributed by atoms with Gasteiger partial charge in [0.05, 0.1) is 6.04 Å². The summed E-state index contributed by atoms with van der Waals surface area (Å²) in [6, 6.07) is -0.492. The SMILES string of the molecule is NCCCCCNC(=O)[C@@H](N)CCCN=C(N)N. The molecule has 0 aliphatic carbocycles. The highest BCUT2D eigenvalue weighted by atomic mass is 16.2. The van der Waals surface area contributed by atoms with Gasteiger partial charge >= 0.3 is 0 Å². The molecular formula is C11H26N6O. The first-order chi connectivity index (χ1) is 8.57. The lowest BCUT2D eigenvalue weighted by atomic mass is 10.1. The molecule has 0 radical (unpaired) electrons. The molecule has 0 saturated heterocycles. The van der Waals surface area contributed by atoms with Gasteiger partial charge in [-0.15, -0.1) is 0 Å². The van der Waals surface area contributed by atoms with Crippen molar-refractivity contribution in [1.82, 2.24) is 5.32 Å². The van der Waals surface area contributed by atoms with Crippen molar-refractivity contribution in [3.8, 4) is 0 Å². The number of guanidine groups is 1. The largest absolute Gasteiger partial charge is 0.370 e. The second-order valence-electron chi connectivity index (χ2n) is 4.20. The standard InChI is InChI=1S/C11H26N6O/c12-6-2-1-3-7-16-10(18)9(13)5-4-8-17-11(14)15/h9H,1-8,12-13H2,(H,16,18)(H4,14,15,17)/t9-/m0/s1. The van der Waals surface area contributed by atoms with E-state index in [-0.39, 0.29) is 11.9 Å². The van der Waals surface area contributed by atoms with Crippen LogP contribution in [-0.2, 0) is 4.79 Å². The zero-order chi connectivity index (χ0) is 13.8. The number of hydrogen-bond acceptors (Lipinski definition) is 4. The van der Waals surface area contributed by atoms with Gasteiger partial charge in [-0.2, -0.15) is 0 Å². The molecule has 1 amide bonds. The molecule has 0 aliphatic rings. The molecule has 1 atom stereocenters. The third kappa shape index (κ3) is 9.86. The summed E-state index contributed by atoms with van der Waals surface area (Å²) in [6.45, 7) is 1.85. The molecule has 0 rings (SSSR count). The lowest BCUT2D eigenvalue weighted by Crippen LogP contribution is -2.41. The minimum atomic E-state index is -0.492. The number of hydrogen-bond donors (Lipinski definition) is 5. The third-order valence-electron chi connectivity index (χ3n) is 2.48. The van der Waals surface area contributed by atoms with Crippen LogP contribution in [-0.4, -0.2) is 37.5 Å². The summed E-state index contributed by atoms with van der Waals surface area (Å²) in [6.07, 6.45) is 4.21. The molecule has 0 spiro atoms. The van der Waals surface area contributed by atoms with Crippen LogP contribution in [0, 0.1) is 0 Å². The first kappa shape index (κ1) is 16.7. The summed E-state index contributed by atoms with van der Waals surface area (Å²) in [5.74, 6) is -0.0552. The number of carbonyl (C=O) groups excluding carboxylic acids is 1. The van der Waals surface area contributed by atoms with Crippen molar-refractivity contribution in [1.29, 1.82) is 0 Å². The predicted octanol–water partition coefficient (Wildman–Crippen LogP) is -1.39. The number of carbonyl (C=O) groups is 1. The van der Waals surface area contributed by atoms with Crippen LogP contribution < -0.4 is 28.3 Å². The van der Waals surface area contributed by atoms with Gasteiger partial charge < -0.3 is 28.3 Å². The van der Waals surface area contributed by atoms with Crippen LogP contribution in [0.15, 0.2) is 4.99 Å². The predicted molar refractivity (Wildman–Crippen MR) is 73.8 cm³/mol. The maximum absolute atomic E-state index is 11.6. The van der Waals surface area contributed by atoms with Crippen molar-refractivity contribution < 1.29 is 4.79 Å². The smallest absolute Gasteiger partial charge is 0.236 e. The van der Waals surface area contributed by atoms with E-state index >= 15 is 0 Å². The molecule has 0 unspecified atom stereocenters. The number of unbranched alkanes of at least 4 members (excludes halogenated alkanes) is 2. The Labute approximate surface area is 108 Å². The van der Waals surface area contributed by atoms with Gasteiger partial charge in [0.1, 0.15) is 0 Å². The molecular weight excluding hydrogens is 232 g/mol. The topological polar surface area (TPSA) is 146 Å². The quantitative estimate of drug-likeness (QED) is 0.186. The lowest BCUT2D eigenvalue weighted by Gasteiger charge is -2.11. The highest BCUT2D eigenvalue weighted by Gasteiger charge is 2.11. The Bertz CT molecular complexity index is 252. The number of nitrogens with two attached hydrogens (primary N) is 4. The Morgan fingerprint density at radius 2 is 1.89 bits per heavy atom. The van der Waals surface area contributed by atoms with Crippen molar-refractivity contribution in [2.24, 2.45) is 27.9 Å². The van der Waals surface area contributed by atoms with E-state index in [2.05, 4.69) is 10.3 Å². The first-order valence-corrected chi connectivity index (χ1v) is 6.36. The number of amides is 1. The van der Waals surface area contributed by atoms with Gasteiger partial charge in [0.2, 0.25) is 5.91 Å². The number of nitrogens with zero attached hydrogens (tertiary/aromatic N) is 1. The fourth-order valence-corrected chi connectivity index (χ4v) is 1.44. The molecule has 0 aromatic carbocycles.